The summed E-state index contributed by atoms with van der Waals surface area (Å²) in [6.45, 7) is 8.32. The van der Waals surface area contributed by atoms with Crippen LogP contribution in [-0.2, 0) is 30.5 Å². The monoisotopic (exact) mass is 589 g/mol. The molecular weight excluding hydrogens is 540 g/mol. The topological polar surface area (TPSA) is 172 Å². The van der Waals surface area contributed by atoms with Gasteiger partial charge in [0.25, 0.3) is 6.45 Å². The number of likely N-dealkylation sites (tertiary alicyclic amines) is 1. The average Bonchev–Trinajstić information content (AvgIpc) is 3.27. The van der Waals surface area contributed by atoms with Gasteiger partial charge in [-0.05, 0) is 55.2 Å². The number of carbonyl (C=O) groups excluding carboxylic acids is 5. The third-order valence-electron chi connectivity index (χ3n) is 7.28. The van der Waals surface area contributed by atoms with Crippen molar-refractivity contribution in [2.75, 3.05) is 31.5 Å². The Morgan fingerprint density at radius 3 is 2.52 bits per heavy atom. The molecule has 12 heteroatoms. The summed E-state index contributed by atoms with van der Waals surface area (Å²) in [6.07, 6.45) is 3.32. The summed E-state index contributed by atoms with van der Waals surface area (Å²) in [5.74, 6) is 0.429. The van der Waals surface area contributed by atoms with Crippen LogP contribution in [0.3, 0.4) is 0 Å². The number of amides is 5. The Balaban J connectivity index is 1.86. The third kappa shape index (κ3) is 13.3. The molecule has 1 unspecified atom stereocenters. The molecule has 1 aliphatic rings. The molecule has 12 nitrogen and oxygen atoms in total. The number of primary amides is 1. The molecule has 1 aromatic rings. The maximum atomic E-state index is 13.2. The summed E-state index contributed by atoms with van der Waals surface area (Å²) < 4.78 is 11.5. The summed E-state index contributed by atoms with van der Waals surface area (Å²) in [4.78, 5) is 61.5. The SMILES string of the molecule is [2H]C(=O)OCc1ccc(NC(=O)[C@H](CCCNC(N)=O)NC[C@@H](NC(=O)CCCCCN2CC(C)CC2=O)C(C)C)cc1. The highest BCUT2D eigenvalue weighted by molar-refractivity contribution is 5.94. The number of benzene rings is 1. The fourth-order valence-electron chi connectivity index (χ4n) is 4.82. The Bertz CT molecular complexity index is 1070. The van der Waals surface area contributed by atoms with Gasteiger partial charge in [0.15, 0.2) is 1.37 Å². The summed E-state index contributed by atoms with van der Waals surface area (Å²) in [6, 6.07) is 5.30. The number of rotatable bonds is 19. The Morgan fingerprint density at radius 2 is 1.90 bits per heavy atom. The molecule has 234 valence electrons. The van der Waals surface area contributed by atoms with Gasteiger partial charge in [-0.3, -0.25) is 19.2 Å². The summed E-state index contributed by atoms with van der Waals surface area (Å²) in [7, 11) is 0. The molecule has 5 amide bonds. The predicted molar refractivity (Wildman–Crippen MR) is 160 cm³/mol. The molecule has 0 spiro atoms. The zero-order valence-electron chi connectivity index (χ0n) is 26.1. The van der Waals surface area contributed by atoms with Gasteiger partial charge in [-0.1, -0.05) is 39.3 Å². The number of hydrogen-bond donors (Lipinski definition) is 5. The van der Waals surface area contributed by atoms with Crippen molar-refractivity contribution < 1.29 is 30.1 Å². The second-order valence-corrected chi connectivity index (χ2v) is 11.3. The number of nitrogens with zero attached hydrogens (tertiary/aromatic N) is 1. The normalized spacial score (nSPS) is 16.5. The van der Waals surface area contributed by atoms with E-state index in [0.717, 1.165) is 32.4 Å². The fraction of sp³-hybridized carbons (Fsp3) is 0.633. The van der Waals surface area contributed by atoms with E-state index in [0.29, 0.717) is 55.9 Å². The van der Waals surface area contributed by atoms with Crippen molar-refractivity contribution in [3.63, 3.8) is 0 Å². The number of nitrogens with one attached hydrogen (secondary N) is 4. The van der Waals surface area contributed by atoms with E-state index in [-0.39, 0.29) is 36.3 Å². The minimum absolute atomic E-state index is 0.0329. The highest BCUT2D eigenvalue weighted by Gasteiger charge is 2.26. The van der Waals surface area contributed by atoms with Gasteiger partial charge in [-0.25, -0.2) is 4.79 Å². The van der Waals surface area contributed by atoms with E-state index in [2.05, 4.69) is 32.9 Å². The molecule has 0 aliphatic carbocycles. The highest BCUT2D eigenvalue weighted by atomic mass is 16.5. The van der Waals surface area contributed by atoms with Gasteiger partial charge >= 0.3 is 6.03 Å². The van der Waals surface area contributed by atoms with Crippen LogP contribution in [0, 0.1) is 11.8 Å². The number of urea groups is 1. The van der Waals surface area contributed by atoms with Crippen LogP contribution in [0.4, 0.5) is 10.5 Å². The largest absolute Gasteiger partial charge is 0.463 e. The zero-order valence-corrected chi connectivity index (χ0v) is 25.1. The molecule has 1 fully saturated rings. The highest BCUT2D eigenvalue weighted by Crippen LogP contribution is 2.17. The molecule has 3 atom stereocenters. The summed E-state index contributed by atoms with van der Waals surface area (Å²) >= 11 is 0. The Hall–Kier alpha value is -3.67. The van der Waals surface area contributed by atoms with Crippen LogP contribution in [0.25, 0.3) is 0 Å². The van der Waals surface area contributed by atoms with Gasteiger partial charge in [0.05, 0.1) is 6.04 Å². The van der Waals surface area contributed by atoms with Crippen LogP contribution in [-0.4, -0.2) is 73.4 Å². The standard InChI is InChI=1S/C30H48N6O6/c1-21(2)26(35-27(38)9-5-4-6-15-36-18-22(3)16-28(36)39)17-33-25(8-7-14-32-30(31)41)29(40)34-24-12-10-23(11-13-24)19-42-20-37/h10-13,20-22,25-26,33H,4-9,14-19H2,1-3H3,(H,34,40)(H,35,38)(H3,31,32,41)/t22?,25-,26+/m0/s1/i20D. The lowest BCUT2D eigenvalue weighted by atomic mass is 10.0. The molecule has 2 rings (SSSR count). The lowest BCUT2D eigenvalue weighted by Crippen LogP contribution is -2.50. The van der Waals surface area contributed by atoms with E-state index < -0.39 is 18.5 Å². The molecule has 1 aliphatic heterocycles. The molecule has 42 heavy (non-hydrogen) atoms. The van der Waals surface area contributed by atoms with E-state index in [1.165, 1.54) is 0 Å². The molecule has 0 saturated carbocycles. The Labute approximate surface area is 250 Å². The van der Waals surface area contributed by atoms with Crippen molar-refractivity contribution >= 4 is 35.9 Å². The molecule has 6 N–H and O–H groups in total. The van der Waals surface area contributed by atoms with E-state index in [9.17, 15) is 24.0 Å². The zero-order chi connectivity index (χ0) is 31.8. The van der Waals surface area contributed by atoms with Crippen LogP contribution in [0.15, 0.2) is 24.3 Å². The Kier molecular flexibility index (Phi) is 14.6. The number of ether oxygens (including phenoxy) is 1. The minimum atomic E-state index is -1.12. The number of anilines is 1. The third-order valence-corrected chi connectivity index (χ3v) is 7.28. The van der Waals surface area contributed by atoms with Crippen LogP contribution in [0.1, 0.15) is 72.7 Å². The van der Waals surface area contributed by atoms with E-state index in [1.54, 1.807) is 24.3 Å². The second kappa shape index (κ2) is 18.7. The molecule has 1 heterocycles. The van der Waals surface area contributed by atoms with Gasteiger partial charge in [-0.2, -0.15) is 0 Å². The van der Waals surface area contributed by atoms with Gasteiger partial charge in [0, 0.05) is 50.7 Å². The summed E-state index contributed by atoms with van der Waals surface area (Å²) in [5, 5.41) is 11.8. The van der Waals surface area contributed by atoms with Crippen molar-refractivity contribution in [1.82, 2.24) is 20.9 Å². The van der Waals surface area contributed by atoms with Crippen LogP contribution in [0.5, 0.6) is 0 Å². The van der Waals surface area contributed by atoms with E-state index in [1.807, 2.05) is 18.7 Å². The molecular formula is C30H48N6O6. The molecule has 0 radical (unpaired) electrons. The van der Waals surface area contributed by atoms with E-state index >= 15 is 0 Å². The van der Waals surface area contributed by atoms with E-state index in [4.69, 9.17) is 7.10 Å². The summed E-state index contributed by atoms with van der Waals surface area (Å²) in [5.41, 5.74) is 6.38. The average molecular weight is 590 g/mol. The fourth-order valence-corrected chi connectivity index (χ4v) is 4.82. The minimum Gasteiger partial charge on any atom is -0.463 e. The lowest BCUT2D eigenvalue weighted by molar-refractivity contribution is -0.130. The second-order valence-electron chi connectivity index (χ2n) is 11.3. The van der Waals surface area contributed by atoms with Gasteiger partial charge < -0.3 is 36.6 Å². The quantitative estimate of drug-likeness (QED) is 0.122. The first-order chi connectivity index (χ1) is 20.4. The van der Waals surface area contributed by atoms with Crippen molar-refractivity contribution in [2.45, 2.75) is 84.4 Å². The van der Waals surface area contributed by atoms with Gasteiger partial charge in [0.2, 0.25) is 17.7 Å². The first-order valence-corrected chi connectivity index (χ1v) is 14.8. The first kappa shape index (κ1) is 32.8. The van der Waals surface area contributed by atoms with Gasteiger partial charge in [0.1, 0.15) is 6.61 Å². The van der Waals surface area contributed by atoms with Gasteiger partial charge in [-0.15, -0.1) is 0 Å². The van der Waals surface area contributed by atoms with Crippen molar-refractivity contribution in [2.24, 2.45) is 17.6 Å². The van der Waals surface area contributed by atoms with Crippen LogP contribution in [0.2, 0.25) is 0 Å². The van der Waals surface area contributed by atoms with Crippen LogP contribution >= 0.6 is 0 Å². The maximum absolute atomic E-state index is 13.2. The number of nitrogens with two attached hydrogens (primary N) is 1. The lowest BCUT2D eigenvalue weighted by Gasteiger charge is -2.26. The Morgan fingerprint density at radius 1 is 1.17 bits per heavy atom. The van der Waals surface area contributed by atoms with Crippen LogP contribution < -0.4 is 27.0 Å². The first-order valence-electron chi connectivity index (χ1n) is 15.3. The maximum Gasteiger partial charge on any atom is 0.312 e. The number of unbranched alkanes of at least 4 members (excludes halogenated alkanes) is 2. The number of hydrogen-bond acceptors (Lipinski definition) is 7. The molecule has 1 aromatic carbocycles. The molecule has 0 bridgehead atoms. The molecule has 0 aromatic heterocycles. The smallest absolute Gasteiger partial charge is 0.312 e. The predicted octanol–water partition coefficient (Wildman–Crippen LogP) is 2.27. The molecule has 1 saturated heterocycles. The number of carbonyl (C=O) groups is 5. The van der Waals surface area contributed by atoms with Crippen molar-refractivity contribution in [3.8, 4) is 0 Å². The van der Waals surface area contributed by atoms with Crippen molar-refractivity contribution in [1.29, 1.82) is 0 Å². The van der Waals surface area contributed by atoms with Crippen molar-refractivity contribution in [3.05, 3.63) is 29.8 Å².